The van der Waals surface area contributed by atoms with Crippen molar-refractivity contribution in [3.63, 3.8) is 0 Å². The van der Waals surface area contributed by atoms with Crippen molar-refractivity contribution in [3.8, 4) is 0 Å². The summed E-state index contributed by atoms with van der Waals surface area (Å²) in [4.78, 5) is 4.49. The summed E-state index contributed by atoms with van der Waals surface area (Å²) in [6, 6.07) is 10.2. The van der Waals surface area contributed by atoms with Crippen LogP contribution in [0.5, 0.6) is 0 Å². The lowest BCUT2D eigenvalue weighted by Gasteiger charge is -2.17. The van der Waals surface area contributed by atoms with Gasteiger partial charge >= 0.3 is 0 Å². The first-order chi connectivity index (χ1) is 7.63. The molecule has 0 aromatic heterocycles. The Morgan fingerprint density at radius 3 is 2.56 bits per heavy atom. The predicted octanol–water partition coefficient (Wildman–Crippen LogP) is 3.52. The van der Waals surface area contributed by atoms with Crippen LogP contribution in [0.15, 0.2) is 60.1 Å². The van der Waals surface area contributed by atoms with Gasteiger partial charge < -0.3 is 4.74 Å². The van der Waals surface area contributed by atoms with Crippen molar-refractivity contribution in [1.29, 1.82) is 0 Å². The molecule has 0 atom stereocenters. The second-order valence-corrected chi connectivity index (χ2v) is 4.32. The number of aliphatic imine (C=N–C) groups is 1. The van der Waals surface area contributed by atoms with E-state index < -0.39 is 0 Å². The number of hydrogen-bond donors (Lipinski definition) is 0. The second kappa shape index (κ2) is 3.97. The minimum Gasteiger partial charge on any atom is -0.448 e. The first kappa shape index (κ1) is 10.7. The van der Waals surface area contributed by atoms with Gasteiger partial charge in [-0.15, -0.1) is 0 Å². The number of allylic oxidation sites excluding steroid dienone is 1. The maximum Gasteiger partial charge on any atom is 0.215 e. The van der Waals surface area contributed by atoms with Crippen LogP contribution in [0.2, 0.25) is 0 Å². The van der Waals surface area contributed by atoms with E-state index in [1.54, 1.807) is 0 Å². The lowest BCUT2D eigenvalue weighted by atomic mass is 9.85. The fraction of sp³-hybridized carbons (Fsp3) is 0.214. The zero-order valence-electron chi connectivity index (χ0n) is 9.60. The van der Waals surface area contributed by atoms with Crippen LogP contribution < -0.4 is 0 Å². The van der Waals surface area contributed by atoms with Crippen molar-refractivity contribution in [1.82, 2.24) is 0 Å². The van der Waals surface area contributed by atoms with Crippen molar-refractivity contribution >= 4 is 5.71 Å². The number of hydrogen-bond acceptors (Lipinski definition) is 2. The van der Waals surface area contributed by atoms with Crippen molar-refractivity contribution < 1.29 is 4.74 Å². The lowest BCUT2D eigenvalue weighted by Crippen LogP contribution is -2.19. The van der Waals surface area contributed by atoms with Gasteiger partial charge in [-0.3, -0.25) is 0 Å². The number of rotatable bonds is 3. The highest BCUT2D eigenvalue weighted by Crippen LogP contribution is 2.32. The maximum absolute atomic E-state index is 5.23. The van der Waals surface area contributed by atoms with Crippen LogP contribution >= 0.6 is 0 Å². The van der Waals surface area contributed by atoms with E-state index in [1.165, 1.54) is 6.26 Å². The monoisotopic (exact) mass is 213 g/mol. The zero-order valence-corrected chi connectivity index (χ0v) is 9.60. The minimum absolute atomic E-state index is 0.0975. The van der Waals surface area contributed by atoms with E-state index in [9.17, 15) is 0 Å². The van der Waals surface area contributed by atoms with Crippen LogP contribution in [0.3, 0.4) is 0 Å². The van der Waals surface area contributed by atoms with E-state index in [4.69, 9.17) is 4.74 Å². The first-order valence-electron chi connectivity index (χ1n) is 5.28. The maximum atomic E-state index is 5.23. The molecule has 0 aliphatic carbocycles. The van der Waals surface area contributed by atoms with E-state index in [1.807, 2.05) is 24.3 Å². The van der Waals surface area contributed by atoms with Gasteiger partial charge in [-0.2, -0.15) is 0 Å². The summed E-state index contributed by atoms with van der Waals surface area (Å²) in [7, 11) is 0. The summed E-state index contributed by atoms with van der Waals surface area (Å²) in [5.41, 5.74) is 2.07. The van der Waals surface area contributed by atoms with E-state index >= 15 is 0 Å². The highest BCUT2D eigenvalue weighted by Gasteiger charge is 2.30. The molecule has 0 bridgehead atoms. The molecule has 1 aromatic carbocycles. The van der Waals surface area contributed by atoms with Gasteiger partial charge in [0.1, 0.15) is 0 Å². The molecular weight excluding hydrogens is 198 g/mol. The average molecular weight is 213 g/mol. The van der Waals surface area contributed by atoms with Crippen LogP contribution in [0.25, 0.3) is 0 Å². The molecule has 1 aliphatic heterocycles. The number of nitrogens with zero attached hydrogens (tertiary/aromatic N) is 1. The normalized spacial score (nSPS) is 17.6. The van der Waals surface area contributed by atoms with E-state index in [-0.39, 0.29) is 5.41 Å². The Morgan fingerprint density at radius 1 is 1.25 bits per heavy atom. The molecule has 16 heavy (non-hydrogen) atoms. The van der Waals surface area contributed by atoms with Crippen molar-refractivity contribution in [2.24, 2.45) is 10.4 Å². The highest BCUT2D eigenvalue weighted by atomic mass is 16.5. The van der Waals surface area contributed by atoms with Gasteiger partial charge in [-0.05, 0) is 11.6 Å². The molecule has 0 spiro atoms. The molecule has 2 rings (SSSR count). The lowest BCUT2D eigenvalue weighted by molar-refractivity contribution is 0.348. The fourth-order valence-electron chi connectivity index (χ4n) is 1.84. The second-order valence-electron chi connectivity index (χ2n) is 4.32. The third-order valence-electron chi connectivity index (χ3n) is 2.57. The Labute approximate surface area is 96.0 Å². The smallest absolute Gasteiger partial charge is 0.215 e. The topological polar surface area (TPSA) is 21.6 Å². The van der Waals surface area contributed by atoms with Gasteiger partial charge in [0.05, 0.1) is 12.0 Å². The van der Waals surface area contributed by atoms with Crippen LogP contribution in [-0.4, -0.2) is 5.71 Å². The Bertz CT molecular complexity index is 455. The molecular formula is C14H15NO. The molecule has 1 aliphatic rings. The summed E-state index contributed by atoms with van der Waals surface area (Å²) >= 11 is 0. The summed E-state index contributed by atoms with van der Waals surface area (Å²) in [5, 5.41) is 0. The quantitative estimate of drug-likeness (QED) is 0.704. The first-order valence-corrected chi connectivity index (χ1v) is 5.28. The Balaban J connectivity index is 2.37. The van der Waals surface area contributed by atoms with Crippen molar-refractivity contribution in [2.45, 2.75) is 13.8 Å². The molecule has 82 valence electrons. The van der Waals surface area contributed by atoms with Gasteiger partial charge in [0, 0.05) is 5.41 Å². The van der Waals surface area contributed by atoms with Crippen molar-refractivity contribution in [3.05, 3.63) is 60.7 Å². The average Bonchev–Trinajstić information content (AvgIpc) is 2.55. The summed E-state index contributed by atoms with van der Waals surface area (Å²) in [5.74, 6) is 0.624. The van der Waals surface area contributed by atoms with Crippen LogP contribution in [0, 0.1) is 5.41 Å². The third-order valence-corrected chi connectivity index (χ3v) is 2.57. The SMILES string of the molecule is C=COC1=CC(C)(C)C(c2ccccc2)=N1. The van der Waals surface area contributed by atoms with Gasteiger partial charge in [-0.25, -0.2) is 4.99 Å². The largest absolute Gasteiger partial charge is 0.448 e. The predicted molar refractivity (Wildman–Crippen MR) is 66.1 cm³/mol. The minimum atomic E-state index is -0.0975. The molecule has 0 saturated carbocycles. The van der Waals surface area contributed by atoms with Gasteiger partial charge in [0.25, 0.3) is 0 Å². The molecule has 2 nitrogen and oxygen atoms in total. The molecule has 2 heteroatoms. The fourth-order valence-corrected chi connectivity index (χ4v) is 1.84. The van der Waals surface area contributed by atoms with Gasteiger partial charge in [0.2, 0.25) is 5.88 Å². The van der Waals surface area contributed by atoms with E-state index in [0.717, 1.165) is 11.3 Å². The number of benzene rings is 1. The molecule has 0 N–H and O–H groups in total. The Morgan fingerprint density at radius 2 is 1.94 bits per heavy atom. The molecule has 1 heterocycles. The molecule has 0 unspecified atom stereocenters. The Hall–Kier alpha value is -1.83. The van der Waals surface area contributed by atoms with Crippen LogP contribution in [-0.2, 0) is 4.74 Å². The molecule has 0 fully saturated rings. The van der Waals surface area contributed by atoms with Crippen LogP contribution in [0.1, 0.15) is 19.4 Å². The standard InChI is InChI=1S/C14H15NO/c1-4-16-12-10-14(2,3)13(15-12)11-8-6-5-7-9-11/h4-10H,1H2,2-3H3. The molecule has 0 saturated heterocycles. The van der Waals surface area contributed by atoms with Crippen molar-refractivity contribution in [2.75, 3.05) is 0 Å². The molecule has 0 radical (unpaired) electrons. The zero-order chi connectivity index (χ0) is 11.6. The van der Waals surface area contributed by atoms with Crippen LogP contribution in [0.4, 0.5) is 0 Å². The molecule has 0 amide bonds. The molecule has 1 aromatic rings. The summed E-state index contributed by atoms with van der Waals surface area (Å²) in [6.07, 6.45) is 3.41. The highest BCUT2D eigenvalue weighted by molar-refractivity contribution is 6.07. The Kier molecular flexibility index (Phi) is 2.65. The van der Waals surface area contributed by atoms with Gasteiger partial charge in [0.15, 0.2) is 0 Å². The summed E-state index contributed by atoms with van der Waals surface area (Å²) in [6.45, 7) is 7.78. The van der Waals surface area contributed by atoms with E-state index in [0.29, 0.717) is 5.88 Å². The number of ether oxygens (including phenoxy) is 1. The summed E-state index contributed by atoms with van der Waals surface area (Å²) < 4.78 is 5.23. The third kappa shape index (κ3) is 1.91. The van der Waals surface area contributed by atoms with Gasteiger partial charge in [-0.1, -0.05) is 50.8 Å². The van der Waals surface area contributed by atoms with E-state index in [2.05, 4.69) is 37.6 Å².